The molecular formula is C11H15FN2. The SMILES string of the molecule is CN(C)c1cc(/C=C/CN)ccc1F. The van der Waals surface area contributed by atoms with E-state index in [-0.39, 0.29) is 5.82 Å². The number of nitrogens with two attached hydrogens (primary N) is 1. The van der Waals surface area contributed by atoms with Crippen LogP contribution in [-0.2, 0) is 0 Å². The summed E-state index contributed by atoms with van der Waals surface area (Å²) >= 11 is 0. The van der Waals surface area contributed by atoms with E-state index in [0.717, 1.165) is 5.56 Å². The maximum absolute atomic E-state index is 13.3. The van der Waals surface area contributed by atoms with Gasteiger partial charge < -0.3 is 10.6 Å². The van der Waals surface area contributed by atoms with E-state index in [0.29, 0.717) is 12.2 Å². The molecule has 3 heteroatoms. The summed E-state index contributed by atoms with van der Waals surface area (Å²) in [4.78, 5) is 1.75. The largest absolute Gasteiger partial charge is 0.375 e. The van der Waals surface area contributed by atoms with Crippen LogP contribution in [0.4, 0.5) is 10.1 Å². The molecule has 0 atom stereocenters. The third kappa shape index (κ3) is 2.57. The first-order valence-corrected chi connectivity index (χ1v) is 4.48. The van der Waals surface area contributed by atoms with Gasteiger partial charge in [-0.1, -0.05) is 18.2 Å². The highest BCUT2D eigenvalue weighted by Crippen LogP contribution is 2.19. The van der Waals surface area contributed by atoms with E-state index in [1.165, 1.54) is 6.07 Å². The van der Waals surface area contributed by atoms with Crippen molar-refractivity contribution in [3.63, 3.8) is 0 Å². The van der Waals surface area contributed by atoms with E-state index >= 15 is 0 Å². The van der Waals surface area contributed by atoms with E-state index in [9.17, 15) is 4.39 Å². The summed E-state index contributed by atoms with van der Waals surface area (Å²) in [5.41, 5.74) is 6.88. The fraction of sp³-hybridized carbons (Fsp3) is 0.273. The molecule has 0 fully saturated rings. The molecule has 0 aromatic heterocycles. The van der Waals surface area contributed by atoms with Gasteiger partial charge in [-0.3, -0.25) is 0 Å². The van der Waals surface area contributed by atoms with Crippen LogP contribution in [0.25, 0.3) is 6.08 Å². The van der Waals surface area contributed by atoms with Crippen LogP contribution in [0.15, 0.2) is 24.3 Å². The first kappa shape index (κ1) is 10.7. The number of nitrogens with zero attached hydrogens (tertiary/aromatic N) is 1. The lowest BCUT2D eigenvalue weighted by Gasteiger charge is -2.13. The van der Waals surface area contributed by atoms with Gasteiger partial charge in [0.2, 0.25) is 0 Å². The Labute approximate surface area is 83.8 Å². The number of benzene rings is 1. The molecule has 76 valence electrons. The Bertz CT molecular complexity index is 332. The minimum absolute atomic E-state index is 0.208. The molecule has 0 aliphatic carbocycles. The standard InChI is InChI=1S/C11H15FN2/c1-14(2)11-8-9(4-3-7-13)5-6-10(11)12/h3-6,8H,7,13H2,1-2H3/b4-3+. The Morgan fingerprint density at radius 1 is 1.43 bits per heavy atom. The second kappa shape index (κ2) is 4.77. The third-order valence-electron chi connectivity index (χ3n) is 1.90. The number of halogens is 1. The molecule has 0 aliphatic heterocycles. The molecule has 1 rings (SSSR count). The lowest BCUT2D eigenvalue weighted by molar-refractivity contribution is 0.626. The zero-order valence-electron chi connectivity index (χ0n) is 8.50. The summed E-state index contributed by atoms with van der Waals surface area (Å²) < 4.78 is 13.3. The van der Waals surface area contributed by atoms with Gasteiger partial charge in [0, 0.05) is 20.6 Å². The zero-order valence-corrected chi connectivity index (χ0v) is 8.50. The van der Waals surface area contributed by atoms with Gasteiger partial charge in [0.25, 0.3) is 0 Å². The maximum atomic E-state index is 13.3. The normalized spacial score (nSPS) is 10.9. The minimum atomic E-state index is -0.208. The summed E-state index contributed by atoms with van der Waals surface area (Å²) in [6.07, 6.45) is 3.72. The zero-order chi connectivity index (χ0) is 10.6. The van der Waals surface area contributed by atoms with Crippen LogP contribution in [0.5, 0.6) is 0 Å². The van der Waals surface area contributed by atoms with Crippen molar-refractivity contribution in [2.75, 3.05) is 25.5 Å². The number of hydrogen-bond acceptors (Lipinski definition) is 2. The molecule has 0 bridgehead atoms. The molecule has 0 saturated carbocycles. The number of rotatable bonds is 3. The Morgan fingerprint density at radius 2 is 2.14 bits per heavy atom. The van der Waals surface area contributed by atoms with Crippen molar-refractivity contribution >= 4 is 11.8 Å². The van der Waals surface area contributed by atoms with Crippen LogP contribution < -0.4 is 10.6 Å². The van der Waals surface area contributed by atoms with E-state index in [1.54, 1.807) is 17.0 Å². The molecule has 14 heavy (non-hydrogen) atoms. The van der Waals surface area contributed by atoms with Gasteiger partial charge in [0.05, 0.1) is 5.69 Å². The Balaban J connectivity index is 3.00. The summed E-state index contributed by atoms with van der Waals surface area (Å²) in [7, 11) is 3.63. The Hall–Kier alpha value is -1.35. The molecule has 2 nitrogen and oxygen atoms in total. The molecule has 2 N–H and O–H groups in total. The molecule has 0 spiro atoms. The lowest BCUT2D eigenvalue weighted by Crippen LogP contribution is -2.10. The molecule has 0 saturated heterocycles. The van der Waals surface area contributed by atoms with Gasteiger partial charge in [-0.2, -0.15) is 0 Å². The topological polar surface area (TPSA) is 29.3 Å². The molecule has 1 aromatic rings. The molecule has 0 radical (unpaired) electrons. The third-order valence-corrected chi connectivity index (χ3v) is 1.90. The summed E-state index contributed by atoms with van der Waals surface area (Å²) in [5.74, 6) is -0.208. The van der Waals surface area contributed by atoms with Gasteiger partial charge in [0.1, 0.15) is 5.82 Å². The predicted molar refractivity (Wildman–Crippen MR) is 58.8 cm³/mol. The van der Waals surface area contributed by atoms with Gasteiger partial charge in [-0.05, 0) is 17.7 Å². The maximum Gasteiger partial charge on any atom is 0.146 e. The Kier molecular flexibility index (Phi) is 3.65. The monoisotopic (exact) mass is 194 g/mol. The van der Waals surface area contributed by atoms with Crippen LogP contribution in [0, 0.1) is 5.82 Å². The molecule has 0 amide bonds. The van der Waals surface area contributed by atoms with Crippen molar-refractivity contribution in [2.24, 2.45) is 5.73 Å². The fourth-order valence-electron chi connectivity index (χ4n) is 1.18. The van der Waals surface area contributed by atoms with Gasteiger partial charge in [-0.25, -0.2) is 4.39 Å². The van der Waals surface area contributed by atoms with E-state index in [1.807, 2.05) is 26.2 Å². The number of hydrogen-bond donors (Lipinski definition) is 1. The summed E-state index contributed by atoms with van der Waals surface area (Å²) in [6, 6.07) is 4.99. The highest BCUT2D eigenvalue weighted by Gasteiger charge is 2.03. The van der Waals surface area contributed by atoms with Crippen molar-refractivity contribution in [1.29, 1.82) is 0 Å². The average molecular weight is 194 g/mol. The van der Waals surface area contributed by atoms with Crippen LogP contribution in [0.3, 0.4) is 0 Å². The summed E-state index contributed by atoms with van der Waals surface area (Å²) in [5, 5.41) is 0. The van der Waals surface area contributed by atoms with Gasteiger partial charge in [-0.15, -0.1) is 0 Å². The molecule has 0 aliphatic rings. The van der Waals surface area contributed by atoms with Crippen LogP contribution in [0.1, 0.15) is 5.56 Å². The van der Waals surface area contributed by atoms with Crippen molar-refractivity contribution in [3.8, 4) is 0 Å². The van der Waals surface area contributed by atoms with Crippen molar-refractivity contribution in [1.82, 2.24) is 0 Å². The van der Waals surface area contributed by atoms with Crippen LogP contribution in [-0.4, -0.2) is 20.6 Å². The van der Waals surface area contributed by atoms with Crippen LogP contribution in [0.2, 0.25) is 0 Å². The van der Waals surface area contributed by atoms with Gasteiger partial charge in [0.15, 0.2) is 0 Å². The number of anilines is 1. The first-order chi connectivity index (χ1) is 6.65. The second-order valence-electron chi connectivity index (χ2n) is 3.24. The highest BCUT2D eigenvalue weighted by atomic mass is 19.1. The molecular weight excluding hydrogens is 179 g/mol. The molecule has 0 heterocycles. The smallest absolute Gasteiger partial charge is 0.146 e. The lowest BCUT2D eigenvalue weighted by atomic mass is 10.1. The van der Waals surface area contributed by atoms with Crippen LogP contribution >= 0.6 is 0 Å². The van der Waals surface area contributed by atoms with Crippen molar-refractivity contribution in [2.45, 2.75) is 0 Å². The average Bonchev–Trinajstić information content (AvgIpc) is 2.16. The van der Waals surface area contributed by atoms with E-state index in [2.05, 4.69) is 0 Å². The minimum Gasteiger partial charge on any atom is -0.375 e. The predicted octanol–water partition coefficient (Wildman–Crippen LogP) is 1.86. The Morgan fingerprint density at radius 3 is 2.71 bits per heavy atom. The fourth-order valence-corrected chi connectivity index (χ4v) is 1.18. The summed E-state index contributed by atoms with van der Waals surface area (Å²) in [6.45, 7) is 0.495. The quantitative estimate of drug-likeness (QED) is 0.795. The van der Waals surface area contributed by atoms with Crippen molar-refractivity contribution in [3.05, 3.63) is 35.7 Å². The van der Waals surface area contributed by atoms with Crippen molar-refractivity contribution < 1.29 is 4.39 Å². The second-order valence-corrected chi connectivity index (χ2v) is 3.24. The molecule has 0 unspecified atom stereocenters. The van der Waals surface area contributed by atoms with E-state index in [4.69, 9.17) is 5.73 Å². The van der Waals surface area contributed by atoms with E-state index < -0.39 is 0 Å². The first-order valence-electron chi connectivity index (χ1n) is 4.48. The van der Waals surface area contributed by atoms with Gasteiger partial charge >= 0.3 is 0 Å². The molecule has 1 aromatic carbocycles. The highest BCUT2D eigenvalue weighted by molar-refractivity contribution is 5.58.